The number of hydrogen-bond donors (Lipinski definition) is 0. The van der Waals surface area contributed by atoms with Crippen LogP contribution >= 0.6 is 11.3 Å². The van der Waals surface area contributed by atoms with Gasteiger partial charge in [-0.2, -0.15) is 5.26 Å². The Hall–Kier alpha value is -5.73. The Morgan fingerprint density at radius 2 is 1.04 bits per heavy atom. The zero-order chi connectivity index (χ0) is 31.4. The molecule has 0 amide bonds. The van der Waals surface area contributed by atoms with Gasteiger partial charge in [0.15, 0.2) is 8.07 Å². The molecule has 2 aromatic heterocycles. The van der Waals surface area contributed by atoms with Gasteiger partial charge in [-0.25, -0.2) is 0 Å². The molecule has 0 aliphatic rings. The molecule has 9 aromatic rings. The highest BCUT2D eigenvalue weighted by Gasteiger charge is 2.43. The van der Waals surface area contributed by atoms with E-state index in [4.69, 9.17) is 0 Å². The SMILES string of the molecule is N#Cc1cc(-n2c3ccccc3c3ccccc32)cc([Si](c2ccccc2)(c2ccccc2)c2cccc3c2sc2ccccc23)c1. The van der Waals surface area contributed by atoms with Gasteiger partial charge in [0.2, 0.25) is 0 Å². The highest BCUT2D eigenvalue weighted by atomic mass is 32.1. The van der Waals surface area contributed by atoms with Crippen molar-refractivity contribution < 1.29 is 0 Å². The van der Waals surface area contributed by atoms with Gasteiger partial charge in [-0.05, 0) is 57.1 Å². The number of aromatic nitrogens is 1. The zero-order valence-electron chi connectivity index (χ0n) is 25.5. The molecule has 0 unspecified atom stereocenters. The van der Waals surface area contributed by atoms with Crippen molar-refractivity contribution in [2.45, 2.75) is 0 Å². The van der Waals surface area contributed by atoms with Crippen LogP contribution in [0.4, 0.5) is 0 Å². The summed E-state index contributed by atoms with van der Waals surface area (Å²) in [5.74, 6) is 0. The molecule has 0 aliphatic heterocycles. The van der Waals surface area contributed by atoms with Crippen molar-refractivity contribution in [2.75, 3.05) is 0 Å². The third-order valence-electron chi connectivity index (χ3n) is 9.54. The predicted octanol–water partition coefficient (Wildman–Crippen LogP) is 8.40. The van der Waals surface area contributed by atoms with E-state index in [1.165, 1.54) is 51.7 Å². The van der Waals surface area contributed by atoms with Gasteiger partial charge in [0.1, 0.15) is 0 Å². The topological polar surface area (TPSA) is 28.7 Å². The second kappa shape index (κ2) is 11.0. The second-order valence-corrected chi connectivity index (χ2v) is 16.8. The van der Waals surface area contributed by atoms with Crippen molar-refractivity contribution in [1.82, 2.24) is 4.57 Å². The molecule has 4 heteroatoms. The first-order valence-corrected chi connectivity index (χ1v) is 18.6. The molecule has 9 rings (SSSR count). The van der Waals surface area contributed by atoms with E-state index < -0.39 is 8.07 Å². The van der Waals surface area contributed by atoms with Gasteiger partial charge in [-0.3, -0.25) is 0 Å². The van der Waals surface area contributed by atoms with Gasteiger partial charge in [-0.1, -0.05) is 133 Å². The van der Waals surface area contributed by atoms with Crippen LogP contribution < -0.4 is 20.7 Å². The lowest BCUT2D eigenvalue weighted by molar-refractivity contribution is 1.18. The van der Waals surface area contributed by atoms with Crippen molar-refractivity contribution in [2.24, 2.45) is 0 Å². The van der Waals surface area contributed by atoms with E-state index in [0.29, 0.717) is 5.56 Å². The van der Waals surface area contributed by atoms with Crippen LogP contribution in [0.1, 0.15) is 5.56 Å². The summed E-state index contributed by atoms with van der Waals surface area (Å²) >= 11 is 1.88. The van der Waals surface area contributed by atoms with E-state index in [1.54, 1.807) is 0 Å². The highest BCUT2D eigenvalue weighted by molar-refractivity contribution is 7.30. The highest BCUT2D eigenvalue weighted by Crippen LogP contribution is 2.35. The standard InChI is InChI=1S/C43H28N2SSi/c44-29-30-26-31(45-39-22-10-7-18-35(39)36-19-8-11-23-40(36)45)28-34(27-30)47(32-14-3-1-4-15-32,33-16-5-2-6-17-33)42-25-13-21-38-37-20-9-12-24-41(37)46-43(38)42/h1-28H. The van der Waals surface area contributed by atoms with Crippen molar-refractivity contribution in [1.29, 1.82) is 5.26 Å². The van der Waals surface area contributed by atoms with Crippen LogP contribution in [-0.2, 0) is 0 Å². The van der Waals surface area contributed by atoms with Crippen LogP contribution in [0.25, 0.3) is 47.7 Å². The quantitative estimate of drug-likeness (QED) is 0.138. The summed E-state index contributed by atoms with van der Waals surface area (Å²) in [5, 5.41) is 20.7. The van der Waals surface area contributed by atoms with Gasteiger partial charge in [0.25, 0.3) is 0 Å². The van der Waals surface area contributed by atoms with Crippen molar-refractivity contribution in [3.63, 3.8) is 0 Å². The molecule has 0 saturated heterocycles. The molecule has 0 bridgehead atoms. The summed E-state index contributed by atoms with van der Waals surface area (Å²) in [6.07, 6.45) is 0. The fourth-order valence-corrected chi connectivity index (χ4v) is 14.2. The summed E-state index contributed by atoms with van der Waals surface area (Å²) in [7, 11) is -3.01. The molecular formula is C43H28N2SSi. The lowest BCUT2D eigenvalue weighted by atomic mass is 10.1. The lowest BCUT2D eigenvalue weighted by Crippen LogP contribution is -2.74. The Morgan fingerprint density at radius 3 is 1.68 bits per heavy atom. The number of para-hydroxylation sites is 2. The molecule has 47 heavy (non-hydrogen) atoms. The van der Waals surface area contributed by atoms with Crippen LogP contribution in [0.3, 0.4) is 0 Å². The first-order chi connectivity index (χ1) is 23.3. The molecule has 7 aromatic carbocycles. The first kappa shape index (κ1) is 27.6. The summed E-state index contributed by atoms with van der Waals surface area (Å²) in [4.78, 5) is 0. The molecule has 0 saturated carbocycles. The van der Waals surface area contributed by atoms with Crippen LogP contribution in [0.5, 0.6) is 0 Å². The smallest absolute Gasteiger partial charge is 0.181 e. The Bertz CT molecular complexity index is 2550. The summed E-state index contributed by atoms with van der Waals surface area (Å²) < 4.78 is 4.94. The van der Waals surface area contributed by atoms with Crippen molar-refractivity contribution in [3.05, 3.63) is 175 Å². The number of nitrogens with zero attached hydrogens (tertiary/aromatic N) is 2. The Balaban J connectivity index is 1.46. The average molecular weight is 633 g/mol. The maximum absolute atomic E-state index is 10.6. The van der Waals surface area contributed by atoms with Crippen LogP contribution in [0.15, 0.2) is 170 Å². The minimum Gasteiger partial charge on any atom is -0.309 e. The average Bonchev–Trinajstić information content (AvgIpc) is 3.69. The van der Waals surface area contributed by atoms with E-state index in [1.807, 2.05) is 11.3 Å². The van der Waals surface area contributed by atoms with Gasteiger partial charge in [0.05, 0.1) is 22.7 Å². The molecule has 0 atom stereocenters. The number of nitriles is 1. The number of hydrogen-bond acceptors (Lipinski definition) is 2. The van der Waals surface area contributed by atoms with Crippen molar-refractivity contribution in [3.8, 4) is 11.8 Å². The second-order valence-electron chi connectivity index (χ2n) is 12.0. The van der Waals surface area contributed by atoms with Gasteiger partial charge in [-0.15, -0.1) is 11.3 Å². The molecule has 0 fully saturated rings. The maximum atomic E-state index is 10.6. The van der Waals surface area contributed by atoms with Crippen LogP contribution in [0.2, 0.25) is 0 Å². The van der Waals surface area contributed by atoms with E-state index in [2.05, 4.69) is 180 Å². The molecule has 0 N–H and O–H groups in total. The minimum absolute atomic E-state index is 0.659. The molecule has 0 radical (unpaired) electrons. The van der Waals surface area contributed by atoms with Crippen molar-refractivity contribution >= 4 is 82.1 Å². The van der Waals surface area contributed by atoms with Crippen LogP contribution in [-0.4, -0.2) is 12.6 Å². The third-order valence-corrected chi connectivity index (χ3v) is 15.7. The maximum Gasteiger partial charge on any atom is 0.181 e. The summed E-state index contributed by atoms with van der Waals surface area (Å²) in [5.41, 5.74) is 3.93. The lowest BCUT2D eigenvalue weighted by Gasteiger charge is -2.35. The monoisotopic (exact) mass is 632 g/mol. The van der Waals surface area contributed by atoms with Gasteiger partial charge < -0.3 is 4.57 Å². The number of benzene rings is 7. The van der Waals surface area contributed by atoms with E-state index in [9.17, 15) is 5.26 Å². The van der Waals surface area contributed by atoms with Gasteiger partial charge >= 0.3 is 0 Å². The van der Waals surface area contributed by atoms with E-state index in [0.717, 1.165) is 16.7 Å². The molecular weight excluding hydrogens is 605 g/mol. The largest absolute Gasteiger partial charge is 0.309 e. The zero-order valence-corrected chi connectivity index (χ0v) is 27.3. The fraction of sp³-hybridized carbons (Fsp3) is 0. The summed E-state index contributed by atoms with van der Waals surface area (Å²) in [6.45, 7) is 0. The number of fused-ring (bicyclic) bond motifs is 6. The third kappa shape index (κ3) is 4.15. The molecule has 220 valence electrons. The molecule has 2 nitrogen and oxygen atoms in total. The number of thiophene rings is 1. The summed E-state index contributed by atoms with van der Waals surface area (Å²) in [6, 6.07) is 63.9. The Kier molecular flexibility index (Phi) is 6.43. The van der Waals surface area contributed by atoms with E-state index in [-0.39, 0.29) is 0 Å². The molecule has 0 aliphatic carbocycles. The first-order valence-electron chi connectivity index (χ1n) is 15.8. The minimum atomic E-state index is -3.01. The normalized spacial score (nSPS) is 11.8. The predicted molar refractivity (Wildman–Crippen MR) is 202 cm³/mol. The molecule has 0 spiro atoms. The van der Waals surface area contributed by atoms with Gasteiger partial charge in [0, 0.05) is 36.6 Å². The van der Waals surface area contributed by atoms with Crippen LogP contribution in [0, 0.1) is 11.3 Å². The Morgan fingerprint density at radius 1 is 0.489 bits per heavy atom. The number of rotatable bonds is 5. The molecule has 2 heterocycles. The van der Waals surface area contributed by atoms with E-state index >= 15 is 0 Å². The fourth-order valence-electron chi connectivity index (χ4n) is 7.61. The Labute approximate surface area is 278 Å².